The van der Waals surface area contributed by atoms with Gasteiger partial charge >= 0.3 is 0 Å². The Bertz CT molecular complexity index is 1060. The topological polar surface area (TPSA) is 93.4 Å². The number of carbonyl (C=O) groups excluding carboxylic acids is 1. The molecule has 0 bridgehead atoms. The van der Waals surface area contributed by atoms with E-state index in [1.165, 1.54) is 12.4 Å². The number of anilines is 2. The molecular formula is C19H19FN6O2. The van der Waals surface area contributed by atoms with Crippen LogP contribution >= 0.6 is 0 Å². The van der Waals surface area contributed by atoms with E-state index >= 15 is 0 Å². The number of halogens is 1. The Balaban J connectivity index is 1.37. The normalized spacial score (nSPS) is 15.3. The lowest BCUT2D eigenvalue weighted by atomic mass is 10.0. The molecule has 3 aromatic rings. The van der Waals surface area contributed by atoms with E-state index < -0.39 is 0 Å². The van der Waals surface area contributed by atoms with Gasteiger partial charge < -0.3 is 15.4 Å². The Morgan fingerprint density at radius 2 is 2.25 bits per heavy atom. The smallest absolute Gasteiger partial charge is 0.224 e. The fraction of sp³-hybridized carbons (Fsp3) is 0.368. The molecule has 0 unspecified atom stereocenters. The van der Waals surface area contributed by atoms with Crippen LogP contribution in [-0.2, 0) is 17.8 Å². The van der Waals surface area contributed by atoms with Crippen LogP contribution in [0.5, 0.6) is 5.75 Å². The Morgan fingerprint density at radius 1 is 1.36 bits per heavy atom. The summed E-state index contributed by atoms with van der Waals surface area (Å²) >= 11 is 0. The van der Waals surface area contributed by atoms with Gasteiger partial charge in [-0.3, -0.25) is 4.79 Å². The second kappa shape index (κ2) is 6.74. The lowest BCUT2D eigenvalue weighted by Gasteiger charge is -2.13. The second-order valence-corrected chi connectivity index (χ2v) is 7.17. The van der Waals surface area contributed by atoms with Crippen molar-refractivity contribution in [1.29, 1.82) is 0 Å². The van der Waals surface area contributed by atoms with Gasteiger partial charge in [0.15, 0.2) is 5.65 Å². The molecule has 8 nitrogen and oxygen atoms in total. The molecule has 2 N–H and O–H groups in total. The number of ether oxygens (including phenoxy) is 1. The van der Waals surface area contributed by atoms with Crippen molar-refractivity contribution >= 4 is 23.2 Å². The van der Waals surface area contributed by atoms with Crippen molar-refractivity contribution in [3.63, 3.8) is 0 Å². The molecule has 3 heterocycles. The third-order valence-corrected chi connectivity index (χ3v) is 5.14. The molecule has 9 heteroatoms. The SMILES string of the molecule is O=C(CC1CC1)Nc1cnc(NCc2c(F)ccc3c2CCO3)n2cnnc12. The summed E-state index contributed by atoms with van der Waals surface area (Å²) in [6, 6.07) is 3.08. The van der Waals surface area contributed by atoms with Crippen molar-refractivity contribution in [1.82, 2.24) is 19.6 Å². The monoisotopic (exact) mass is 382 g/mol. The van der Waals surface area contributed by atoms with Crippen LogP contribution in [0.15, 0.2) is 24.7 Å². The summed E-state index contributed by atoms with van der Waals surface area (Å²) in [7, 11) is 0. The van der Waals surface area contributed by atoms with Crippen LogP contribution in [0.4, 0.5) is 16.0 Å². The number of hydrogen-bond acceptors (Lipinski definition) is 6. The quantitative estimate of drug-likeness (QED) is 0.681. The van der Waals surface area contributed by atoms with Gasteiger partial charge in [-0.1, -0.05) is 0 Å². The van der Waals surface area contributed by atoms with Crippen molar-refractivity contribution in [2.45, 2.75) is 32.2 Å². The Morgan fingerprint density at radius 3 is 3.11 bits per heavy atom. The number of nitrogens with zero attached hydrogens (tertiary/aromatic N) is 4. The highest BCUT2D eigenvalue weighted by atomic mass is 19.1. The first-order valence-corrected chi connectivity index (χ1v) is 9.34. The average molecular weight is 382 g/mol. The molecule has 1 aromatic carbocycles. The maximum Gasteiger partial charge on any atom is 0.224 e. The Hall–Kier alpha value is -3.23. The summed E-state index contributed by atoms with van der Waals surface area (Å²) in [5.74, 6) is 1.37. The van der Waals surface area contributed by atoms with E-state index in [2.05, 4.69) is 25.8 Å². The molecule has 0 spiro atoms. The number of aromatic nitrogens is 4. The van der Waals surface area contributed by atoms with Gasteiger partial charge in [-0.05, 0) is 30.9 Å². The minimum absolute atomic E-state index is 0.0446. The number of amides is 1. The van der Waals surface area contributed by atoms with Crippen molar-refractivity contribution in [2.24, 2.45) is 5.92 Å². The summed E-state index contributed by atoms with van der Waals surface area (Å²) in [6.07, 6.45) is 6.48. The molecule has 1 saturated carbocycles. The number of fused-ring (bicyclic) bond motifs is 2. The van der Waals surface area contributed by atoms with Gasteiger partial charge in [0.25, 0.3) is 0 Å². The highest BCUT2D eigenvalue weighted by molar-refractivity contribution is 5.94. The Kier molecular flexibility index (Phi) is 4.07. The molecule has 1 fully saturated rings. The molecule has 0 radical (unpaired) electrons. The summed E-state index contributed by atoms with van der Waals surface area (Å²) < 4.78 is 21.5. The Labute approximate surface area is 160 Å². The number of rotatable bonds is 6. The molecule has 5 rings (SSSR count). The minimum Gasteiger partial charge on any atom is -0.493 e. The van der Waals surface area contributed by atoms with Crippen LogP contribution in [0.3, 0.4) is 0 Å². The van der Waals surface area contributed by atoms with Gasteiger partial charge in [0.05, 0.1) is 12.8 Å². The van der Waals surface area contributed by atoms with E-state index in [1.807, 2.05) is 0 Å². The van der Waals surface area contributed by atoms with E-state index in [-0.39, 0.29) is 18.3 Å². The third kappa shape index (κ3) is 3.12. The zero-order valence-corrected chi connectivity index (χ0v) is 15.1. The minimum atomic E-state index is -0.277. The zero-order chi connectivity index (χ0) is 19.1. The predicted octanol–water partition coefficient (Wildman–Crippen LogP) is 2.55. The number of carbonyl (C=O) groups is 1. The van der Waals surface area contributed by atoms with Gasteiger partial charge in [-0.2, -0.15) is 0 Å². The maximum atomic E-state index is 14.3. The van der Waals surface area contributed by atoms with E-state index in [9.17, 15) is 9.18 Å². The molecule has 2 aliphatic rings. The van der Waals surface area contributed by atoms with Gasteiger partial charge in [0, 0.05) is 30.5 Å². The average Bonchev–Trinajstić information content (AvgIpc) is 3.17. The molecular weight excluding hydrogens is 363 g/mol. The highest BCUT2D eigenvalue weighted by Gasteiger charge is 2.25. The van der Waals surface area contributed by atoms with Gasteiger partial charge in [-0.25, -0.2) is 13.8 Å². The van der Waals surface area contributed by atoms with E-state index in [1.54, 1.807) is 16.7 Å². The molecule has 1 amide bonds. The predicted molar refractivity (Wildman–Crippen MR) is 99.7 cm³/mol. The molecule has 144 valence electrons. The van der Waals surface area contributed by atoms with E-state index in [4.69, 9.17) is 4.74 Å². The van der Waals surface area contributed by atoms with Crippen LogP contribution in [-0.4, -0.2) is 32.1 Å². The van der Waals surface area contributed by atoms with Crippen LogP contribution in [0.1, 0.15) is 30.4 Å². The standard InChI is InChI=1S/C19H19FN6O2/c20-14-3-4-16-12(5-6-28-16)13(14)8-21-19-22-9-15(18-25-23-10-26(18)19)24-17(27)7-11-1-2-11/h3-4,9-11H,1-2,5-8H2,(H,21,22)(H,24,27). The fourth-order valence-electron chi connectivity index (χ4n) is 3.50. The number of nitrogens with one attached hydrogen (secondary N) is 2. The van der Waals surface area contributed by atoms with Gasteiger partial charge in [-0.15, -0.1) is 10.2 Å². The lowest BCUT2D eigenvalue weighted by molar-refractivity contribution is -0.116. The first-order chi connectivity index (χ1) is 13.7. The first kappa shape index (κ1) is 16.9. The zero-order valence-electron chi connectivity index (χ0n) is 15.1. The van der Waals surface area contributed by atoms with Crippen LogP contribution in [0.25, 0.3) is 5.65 Å². The van der Waals surface area contributed by atoms with Crippen molar-refractivity contribution in [2.75, 3.05) is 17.2 Å². The van der Waals surface area contributed by atoms with Crippen molar-refractivity contribution in [3.8, 4) is 5.75 Å². The van der Waals surface area contributed by atoms with E-state index in [0.29, 0.717) is 48.2 Å². The third-order valence-electron chi connectivity index (χ3n) is 5.14. The van der Waals surface area contributed by atoms with Gasteiger partial charge in [0.1, 0.15) is 23.6 Å². The summed E-state index contributed by atoms with van der Waals surface area (Å²) in [6.45, 7) is 0.820. The first-order valence-electron chi connectivity index (χ1n) is 9.34. The van der Waals surface area contributed by atoms with Crippen molar-refractivity contribution < 1.29 is 13.9 Å². The molecule has 0 saturated heterocycles. The van der Waals surface area contributed by atoms with Crippen LogP contribution in [0.2, 0.25) is 0 Å². The molecule has 2 aromatic heterocycles. The summed E-state index contributed by atoms with van der Waals surface area (Å²) in [5, 5.41) is 14.0. The molecule has 1 aliphatic heterocycles. The van der Waals surface area contributed by atoms with Crippen molar-refractivity contribution in [3.05, 3.63) is 41.6 Å². The maximum absolute atomic E-state index is 14.3. The summed E-state index contributed by atoms with van der Waals surface area (Å²) in [5.41, 5.74) is 2.45. The van der Waals surface area contributed by atoms with E-state index in [0.717, 1.165) is 24.2 Å². The lowest BCUT2D eigenvalue weighted by Crippen LogP contribution is -2.15. The molecule has 0 atom stereocenters. The fourth-order valence-corrected chi connectivity index (χ4v) is 3.50. The largest absolute Gasteiger partial charge is 0.493 e. The van der Waals surface area contributed by atoms with Gasteiger partial charge in [0.2, 0.25) is 11.9 Å². The summed E-state index contributed by atoms with van der Waals surface area (Å²) in [4.78, 5) is 16.5. The molecule has 1 aliphatic carbocycles. The highest BCUT2D eigenvalue weighted by Crippen LogP contribution is 2.33. The number of benzene rings is 1. The van der Waals surface area contributed by atoms with Crippen LogP contribution < -0.4 is 15.4 Å². The second-order valence-electron chi connectivity index (χ2n) is 7.17. The molecule has 28 heavy (non-hydrogen) atoms. The van der Waals surface area contributed by atoms with Crippen LogP contribution in [0, 0.1) is 11.7 Å². The number of hydrogen-bond donors (Lipinski definition) is 2.